The number of rotatable bonds is 3. The zero-order chi connectivity index (χ0) is 13.9. The van der Waals surface area contributed by atoms with E-state index in [4.69, 9.17) is 0 Å². The van der Waals surface area contributed by atoms with Crippen molar-refractivity contribution in [1.82, 2.24) is 0 Å². The monoisotopic (exact) mass is 282 g/mol. The molecule has 0 bridgehead atoms. The van der Waals surface area contributed by atoms with Gasteiger partial charge in [-0.25, -0.2) is 8.42 Å². The maximum Gasteiger partial charge on any atom is 0.228 e. The van der Waals surface area contributed by atoms with Crippen LogP contribution in [0.5, 0.6) is 0 Å². The molecule has 1 aromatic rings. The fourth-order valence-corrected chi connectivity index (χ4v) is 2.65. The van der Waals surface area contributed by atoms with Crippen molar-refractivity contribution in [3.8, 4) is 0 Å². The van der Waals surface area contributed by atoms with Crippen LogP contribution in [-0.2, 0) is 14.6 Å². The van der Waals surface area contributed by atoms with Gasteiger partial charge < -0.3 is 10.2 Å². The lowest BCUT2D eigenvalue weighted by atomic mass is 10.2. The summed E-state index contributed by atoms with van der Waals surface area (Å²) in [6, 6.07) is 7.60. The summed E-state index contributed by atoms with van der Waals surface area (Å²) in [5, 5.41) is 3.27. The molecule has 0 fully saturated rings. The summed E-state index contributed by atoms with van der Waals surface area (Å²) in [7, 11) is -3.11. The van der Waals surface area contributed by atoms with Crippen molar-refractivity contribution in [1.29, 1.82) is 0 Å². The maximum absolute atomic E-state index is 12.2. The molecule has 0 saturated carbocycles. The van der Waals surface area contributed by atoms with Crippen LogP contribution in [0.2, 0.25) is 0 Å². The van der Waals surface area contributed by atoms with Gasteiger partial charge in [-0.1, -0.05) is 12.1 Å². The first kappa shape index (κ1) is 13.9. The Morgan fingerprint density at radius 2 is 2.11 bits per heavy atom. The van der Waals surface area contributed by atoms with Crippen molar-refractivity contribution in [2.45, 2.75) is 12.8 Å². The smallest absolute Gasteiger partial charge is 0.228 e. The summed E-state index contributed by atoms with van der Waals surface area (Å²) >= 11 is 0. The van der Waals surface area contributed by atoms with E-state index in [1.54, 1.807) is 4.90 Å². The number of hydrogen-bond donors (Lipinski definition) is 1. The molecule has 0 spiro atoms. The van der Waals surface area contributed by atoms with Gasteiger partial charge in [-0.2, -0.15) is 0 Å². The number of nitrogens with one attached hydrogen (secondary N) is 1. The predicted molar refractivity (Wildman–Crippen MR) is 76.2 cm³/mol. The van der Waals surface area contributed by atoms with Crippen molar-refractivity contribution in [3.05, 3.63) is 24.3 Å². The molecule has 0 unspecified atom stereocenters. The third-order valence-electron chi connectivity index (χ3n) is 3.06. The second-order valence-electron chi connectivity index (χ2n) is 4.72. The van der Waals surface area contributed by atoms with E-state index >= 15 is 0 Å². The van der Waals surface area contributed by atoms with Crippen LogP contribution < -0.4 is 10.2 Å². The Morgan fingerprint density at radius 3 is 2.84 bits per heavy atom. The lowest BCUT2D eigenvalue weighted by Crippen LogP contribution is -2.32. The van der Waals surface area contributed by atoms with Crippen molar-refractivity contribution in [2.24, 2.45) is 0 Å². The Bertz CT molecular complexity index is 569. The van der Waals surface area contributed by atoms with Gasteiger partial charge in [-0.05, 0) is 18.6 Å². The summed E-state index contributed by atoms with van der Waals surface area (Å²) in [6.07, 6.45) is 2.03. The summed E-state index contributed by atoms with van der Waals surface area (Å²) in [5.74, 6) is -0.237. The van der Waals surface area contributed by atoms with Gasteiger partial charge in [-0.3, -0.25) is 4.79 Å². The first-order chi connectivity index (χ1) is 8.97. The number of carbonyl (C=O) groups is 1. The van der Waals surface area contributed by atoms with E-state index in [1.807, 2.05) is 24.3 Å². The zero-order valence-electron chi connectivity index (χ0n) is 10.9. The molecule has 0 aromatic heterocycles. The van der Waals surface area contributed by atoms with E-state index in [1.165, 1.54) is 0 Å². The first-order valence-electron chi connectivity index (χ1n) is 6.28. The highest BCUT2D eigenvalue weighted by Crippen LogP contribution is 2.28. The molecule has 1 aliphatic heterocycles. The van der Waals surface area contributed by atoms with Crippen molar-refractivity contribution in [3.63, 3.8) is 0 Å². The Labute approximate surface area is 113 Å². The van der Waals surface area contributed by atoms with E-state index in [-0.39, 0.29) is 18.1 Å². The molecule has 1 aliphatic rings. The lowest BCUT2D eigenvalue weighted by Gasteiger charge is -2.22. The molecular weight excluding hydrogens is 264 g/mol. The van der Waals surface area contributed by atoms with Crippen LogP contribution >= 0.6 is 0 Å². The number of hydrogen-bond acceptors (Lipinski definition) is 4. The molecule has 5 nitrogen and oxygen atoms in total. The average Bonchev–Trinajstić information content (AvgIpc) is 2.57. The quantitative estimate of drug-likeness (QED) is 0.906. The number of anilines is 2. The minimum Gasteiger partial charge on any atom is -0.383 e. The number of para-hydroxylation sites is 2. The molecule has 6 heteroatoms. The fraction of sp³-hybridized carbons (Fsp3) is 0.462. The van der Waals surface area contributed by atoms with Crippen LogP contribution in [0.3, 0.4) is 0 Å². The second kappa shape index (κ2) is 5.61. The molecule has 1 amide bonds. The number of carbonyl (C=O) groups excluding carboxylic acids is 1. The van der Waals surface area contributed by atoms with E-state index in [0.717, 1.165) is 30.6 Å². The van der Waals surface area contributed by atoms with Gasteiger partial charge >= 0.3 is 0 Å². The standard InChI is InChI=1S/C13H18N2O3S/c1-19(17,18)10-7-13(16)15-9-4-8-14-11-5-2-3-6-12(11)15/h2-3,5-6,14H,4,7-10H2,1H3. The molecule has 1 heterocycles. The summed E-state index contributed by atoms with van der Waals surface area (Å²) in [6.45, 7) is 1.43. The first-order valence-corrected chi connectivity index (χ1v) is 8.34. The number of benzene rings is 1. The summed E-state index contributed by atoms with van der Waals surface area (Å²) < 4.78 is 22.3. The summed E-state index contributed by atoms with van der Waals surface area (Å²) in [4.78, 5) is 13.9. The highest BCUT2D eigenvalue weighted by Gasteiger charge is 2.21. The lowest BCUT2D eigenvalue weighted by molar-refractivity contribution is -0.118. The minimum absolute atomic E-state index is 0.0349. The molecule has 0 radical (unpaired) electrons. The van der Waals surface area contributed by atoms with Crippen LogP contribution in [0.1, 0.15) is 12.8 Å². The van der Waals surface area contributed by atoms with Crippen LogP contribution in [0.4, 0.5) is 11.4 Å². The average molecular weight is 282 g/mol. The highest BCUT2D eigenvalue weighted by molar-refractivity contribution is 7.90. The Balaban J connectivity index is 2.17. The minimum atomic E-state index is -3.11. The van der Waals surface area contributed by atoms with Crippen LogP contribution in [0, 0.1) is 0 Å². The molecule has 2 rings (SSSR count). The largest absolute Gasteiger partial charge is 0.383 e. The zero-order valence-corrected chi connectivity index (χ0v) is 11.7. The number of fused-ring (bicyclic) bond motifs is 1. The third kappa shape index (κ3) is 3.70. The molecule has 1 aromatic carbocycles. The molecule has 0 saturated heterocycles. The van der Waals surface area contributed by atoms with Gasteiger partial charge in [0, 0.05) is 25.8 Å². The topological polar surface area (TPSA) is 66.5 Å². The van der Waals surface area contributed by atoms with Crippen molar-refractivity contribution >= 4 is 27.1 Å². The maximum atomic E-state index is 12.2. The molecule has 104 valence electrons. The predicted octanol–water partition coefficient (Wildman–Crippen LogP) is 1.27. The number of amides is 1. The summed E-state index contributed by atoms with van der Waals surface area (Å²) in [5.41, 5.74) is 1.76. The second-order valence-corrected chi connectivity index (χ2v) is 6.98. The number of nitrogens with zero attached hydrogens (tertiary/aromatic N) is 1. The van der Waals surface area contributed by atoms with Crippen LogP contribution in [0.15, 0.2) is 24.3 Å². The fourth-order valence-electron chi connectivity index (χ4n) is 2.11. The highest BCUT2D eigenvalue weighted by atomic mass is 32.2. The van der Waals surface area contributed by atoms with E-state index in [0.29, 0.717) is 6.54 Å². The van der Waals surface area contributed by atoms with Gasteiger partial charge in [0.2, 0.25) is 5.91 Å². The molecule has 19 heavy (non-hydrogen) atoms. The van der Waals surface area contributed by atoms with E-state index < -0.39 is 9.84 Å². The molecule has 0 atom stereocenters. The van der Waals surface area contributed by atoms with Crippen molar-refractivity contribution in [2.75, 3.05) is 35.3 Å². The molecular formula is C13H18N2O3S. The Kier molecular flexibility index (Phi) is 4.09. The molecule has 0 aliphatic carbocycles. The Morgan fingerprint density at radius 1 is 1.37 bits per heavy atom. The van der Waals surface area contributed by atoms with E-state index in [2.05, 4.69) is 5.32 Å². The van der Waals surface area contributed by atoms with Gasteiger partial charge in [0.1, 0.15) is 9.84 Å². The van der Waals surface area contributed by atoms with Crippen molar-refractivity contribution < 1.29 is 13.2 Å². The van der Waals surface area contributed by atoms with Crippen LogP contribution in [-0.4, -0.2) is 39.4 Å². The third-order valence-corrected chi connectivity index (χ3v) is 4.00. The number of sulfone groups is 1. The van der Waals surface area contributed by atoms with Gasteiger partial charge in [0.15, 0.2) is 0 Å². The SMILES string of the molecule is CS(=O)(=O)CCC(=O)N1CCCNc2ccccc21. The molecule has 1 N–H and O–H groups in total. The van der Waals surface area contributed by atoms with Gasteiger partial charge in [0.05, 0.1) is 17.1 Å². The van der Waals surface area contributed by atoms with Gasteiger partial charge in [-0.15, -0.1) is 0 Å². The normalized spacial score (nSPS) is 15.3. The Hall–Kier alpha value is -1.56. The van der Waals surface area contributed by atoms with Gasteiger partial charge in [0.25, 0.3) is 0 Å². The van der Waals surface area contributed by atoms with E-state index in [9.17, 15) is 13.2 Å². The van der Waals surface area contributed by atoms with Crippen LogP contribution in [0.25, 0.3) is 0 Å².